The maximum Gasteiger partial charge on any atom is 0.151 e. The van der Waals surface area contributed by atoms with Crippen LogP contribution in [0.3, 0.4) is 0 Å². The Hall–Kier alpha value is -0.940. The summed E-state index contributed by atoms with van der Waals surface area (Å²) in [5.41, 5.74) is 6.81. The highest BCUT2D eigenvalue weighted by Crippen LogP contribution is 2.05. The van der Waals surface area contributed by atoms with Crippen LogP contribution in [-0.2, 0) is 22.1 Å². The summed E-state index contributed by atoms with van der Waals surface area (Å²) >= 11 is 0. The van der Waals surface area contributed by atoms with Crippen LogP contribution >= 0.6 is 0 Å². The Morgan fingerprint density at radius 1 is 1.54 bits per heavy atom. The maximum atomic E-state index is 10.9. The van der Waals surface area contributed by atoms with Crippen LogP contribution in [-0.4, -0.2) is 19.7 Å². The lowest BCUT2D eigenvalue weighted by molar-refractivity contribution is 0.601. The molecule has 0 radical (unpaired) electrons. The summed E-state index contributed by atoms with van der Waals surface area (Å²) in [5.74, 6) is 0.0442. The van der Waals surface area contributed by atoms with Crippen molar-refractivity contribution in [3.05, 3.63) is 29.6 Å². The summed E-state index contributed by atoms with van der Waals surface area (Å²) in [6.45, 7) is 0.331. The Balaban J connectivity index is 2.90. The maximum absolute atomic E-state index is 10.9. The highest BCUT2D eigenvalue weighted by molar-refractivity contribution is 7.89. The smallest absolute Gasteiger partial charge is 0.151 e. The molecule has 0 bridgehead atoms. The molecule has 72 valence electrons. The molecule has 0 saturated heterocycles. The van der Waals surface area contributed by atoms with E-state index in [0.29, 0.717) is 12.2 Å². The molecular formula is C8H12N2O2S. The molecule has 4 nitrogen and oxygen atoms in total. The van der Waals surface area contributed by atoms with Crippen LogP contribution in [0, 0.1) is 0 Å². The molecule has 0 spiro atoms. The minimum absolute atomic E-state index is 0.0442. The number of nitrogens with zero attached hydrogens (tertiary/aromatic N) is 1. The van der Waals surface area contributed by atoms with Crippen LogP contribution in [0.4, 0.5) is 0 Å². The van der Waals surface area contributed by atoms with Gasteiger partial charge in [0.25, 0.3) is 0 Å². The van der Waals surface area contributed by atoms with E-state index in [2.05, 4.69) is 4.98 Å². The Labute approximate surface area is 77.7 Å². The third kappa shape index (κ3) is 3.52. The van der Waals surface area contributed by atoms with Crippen molar-refractivity contribution in [1.82, 2.24) is 4.98 Å². The van der Waals surface area contributed by atoms with Gasteiger partial charge < -0.3 is 5.73 Å². The molecule has 0 unspecified atom stereocenters. The molecule has 1 rings (SSSR count). The average Bonchev–Trinajstić information content (AvgIpc) is 2.01. The summed E-state index contributed by atoms with van der Waals surface area (Å²) < 4.78 is 21.9. The van der Waals surface area contributed by atoms with E-state index in [0.717, 1.165) is 5.56 Å². The number of hydrogen-bond acceptors (Lipinski definition) is 4. The predicted molar refractivity (Wildman–Crippen MR) is 50.7 cm³/mol. The molecule has 0 saturated carbocycles. The first-order valence-electron chi connectivity index (χ1n) is 3.83. The first kappa shape index (κ1) is 10.1. The molecule has 0 atom stereocenters. The number of aromatic nitrogens is 1. The highest BCUT2D eigenvalue weighted by atomic mass is 32.2. The molecule has 1 heterocycles. The lowest BCUT2D eigenvalue weighted by Crippen LogP contribution is -2.04. The number of sulfone groups is 1. The number of rotatable bonds is 3. The molecule has 0 fully saturated rings. The van der Waals surface area contributed by atoms with Crippen molar-refractivity contribution in [1.29, 1.82) is 0 Å². The second-order valence-corrected chi connectivity index (χ2v) is 5.07. The molecule has 13 heavy (non-hydrogen) atoms. The van der Waals surface area contributed by atoms with Crippen molar-refractivity contribution in [2.24, 2.45) is 5.73 Å². The predicted octanol–water partition coefficient (Wildman–Crippen LogP) is 0.0849. The summed E-state index contributed by atoms with van der Waals surface area (Å²) in [6.07, 6.45) is 2.78. The van der Waals surface area contributed by atoms with Gasteiger partial charge in [0.15, 0.2) is 9.84 Å². The molecule has 0 aliphatic rings. The second kappa shape index (κ2) is 3.85. The van der Waals surface area contributed by atoms with E-state index in [9.17, 15) is 8.42 Å². The Morgan fingerprint density at radius 2 is 2.23 bits per heavy atom. The highest BCUT2D eigenvalue weighted by Gasteiger charge is 2.04. The zero-order valence-corrected chi connectivity index (χ0v) is 8.21. The lowest BCUT2D eigenvalue weighted by atomic mass is 10.2. The first-order valence-corrected chi connectivity index (χ1v) is 5.89. The van der Waals surface area contributed by atoms with Crippen molar-refractivity contribution in [3.8, 4) is 0 Å². The standard InChI is InChI=1S/C8H12N2O2S/c1-13(11,12)6-7-2-3-10-8(4-7)5-9/h2-4H,5-6,9H2,1H3. The quantitative estimate of drug-likeness (QED) is 0.750. The molecular weight excluding hydrogens is 188 g/mol. The summed E-state index contributed by atoms with van der Waals surface area (Å²) in [5, 5.41) is 0. The third-order valence-electron chi connectivity index (χ3n) is 1.52. The lowest BCUT2D eigenvalue weighted by Gasteiger charge is -2.00. The van der Waals surface area contributed by atoms with E-state index in [-0.39, 0.29) is 5.75 Å². The first-order chi connectivity index (χ1) is 6.01. The fraction of sp³-hybridized carbons (Fsp3) is 0.375. The molecule has 0 aliphatic carbocycles. The summed E-state index contributed by atoms with van der Waals surface area (Å²) in [4.78, 5) is 3.97. The number of hydrogen-bond donors (Lipinski definition) is 1. The van der Waals surface area contributed by atoms with Gasteiger partial charge in [-0.15, -0.1) is 0 Å². The number of nitrogens with two attached hydrogens (primary N) is 1. The monoisotopic (exact) mass is 200 g/mol. The van der Waals surface area contributed by atoms with Crippen molar-refractivity contribution in [2.75, 3.05) is 6.26 Å². The van der Waals surface area contributed by atoms with Gasteiger partial charge in [-0.3, -0.25) is 4.98 Å². The minimum Gasteiger partial charge on any atom is -0.325 e. The molecule has 1 aromatic rings. The van der Waals surface area contributed by atoms with Gasteiger partial charge in [-0.05, 0) is 17.7 Å². The van der Waals surface area contributed by atoms with Gasteiger partial charge in [0.2, 0.25) is 0 Å². The second-order valence-electron chi connectivity index (χ2n) is 2.93. The van der Waals surface area contributed by atoms with Gasteiger partial charge in [0, 0.05) is 19.0 Å². The fourth-order valence-electron chi connectivity index (χ4n) is 1.03. The van der Waals surface area contributed by atoms with E-state index in [1.165, 1.54) is 6.26 Å². The van der Waals surface area contributed by atoms with E-state index in [1.54, 1.807) is 18.3 Å². The Bertz CT molecular complexity index is 387. The normalized spacial score (nSPS) is 11.5. The zero-order chi connectivity index (χ0) is 9.90. The van der Waals surface area contributed by atoms with Gasteiger partial charge >= 0.3 is 0 Å². The molecule has 2 N–H and O–H groups in total. The molecule has 0 aromatic carbocycles. The average molecular weight is 200 g/mol. The largest absolute Gasteiger partial charge is 0.325 e. The van der Waals surface area contributed by atoms with Gasteiger partial charge in [-0.2, -0.15) is 0 Å². The molecule has 1 aromatic heterocycles. The van der Waals surface area contributed by atoms with E-state index in [4.69, 9.17) is 5.73 Å². The van der Waals surface area contributed by atoms with Gasteiger partial charge in [0.1, 0.15) is 0 Å². The minimum atomic E-state index is -2.97. The van der Waals surface area contributed by atoms with Crippen LogP contribution in [0.15, 0.2) is 18.3 Å². The SMILES string of the molecule is CS(=O)(=O)Cc1ccnc(CN)c1. The van der Waals surface area contributed by atoms with Gasteiger partial charge in [-0.25, -0.2) is 8.42 Å². The van der Waals surface area contributed by atoms with Crippen molar-refractivity contribution in [2.45, 2.75) is 12.3 Å². The van der Waals surface area contributed by atoms with E-state index in [1.807, 2.05) is 0 Å². The van der Waals surface area contributed by atoms with Crippen molar-refractivity contribution in [3.63, 3.8) is 0 Å². The molecule has 0 amide bonds. The third-order valence-corrected chi connectivity index (χ3v) is 2.38. The fourth-order valence-corrected chi connectivity index (χ4v) is 1.82. The van der Waals surface area contributed by atoms with Crippen molar-refractivity contribution < 1.29 is 8.42 Å². The topological polar surface area (TPSA) is 73.0 Å². The molecule has 0 aliphatic heterocycles. The van der Waals surface area contributed by atoms with Crippen LogP contribution in [0.25, 0.3) is 0 Å². The number of pyridine rings is 1. The van der Waals surface area contributed by atoms with E-state index >= 15 is 0 Å². The van der Waals surface area contributed by atoms with Crippen LogP contribution in [0.2, 0.25) is 0 Å². The Kier molecular flexibility index (Phi) is 3.00. The van der Waals surface area contributed by atoms with E-state index < -0.39 is 9.84 Å². The molecule has 5 heteroatoms. The Morgan fingerprint density at radius 3 is 2.77 bits per heavy atom. The zero-order valence-electron chi connectivity index (χ0n) is 7.40. The van der Waals surface area contributed by atoms with Crippen molar-refractivity contribution >= 4 is 9.84 Å². The van der Waals surface area contributed by atoms with Crippen LogP contribution in [0.1, 0.15) is 11.3 Å². The van der Waals surface area contributed by atoms with Gasteiger partial charge in [-0.1, -0.05) is 0 Å². The van der Waals surface area contributed by atoms with Gasteiger partial charge in [0.05, 0.1) is 11.4 Å². The van der Waals surface area contributed by atoms with Crippen LogP contribution in [0.5, 0.6) is 0 Å². The summed E-state index contributed by atoms with van der Waals surface area (Å²) in [7, 11) is -2.97. The van der Waals surface area contributed by atoms with Crippen LogP contribution < -0.4 is 5.73 Å². The summed E-state index contributed by atoms with van der Waals surface area (Å²) in [6, 6.07) is 3.39.